The van der Waals surface area contributed by atoms with Gasteiger partial charge in [-0.2, -0.15) is 0 Å². The minimum atomic E-state index is -1.80. The Labute approximate surface area is 322 Å². The average Bonchev–Trinajstić information content (AvgIpc) is 3.07. The van der Waals surface area contributed by atoms with Crippen LogP contribution in [0.25, 0.3) is 0 Å². The topological polar surface area (TPSA) is 27.7 Å². The normalized spacial score (nSPS) is 12.1. The van der Waals surface area contributed by atoms with Crippen LogP contribution in [-0.2, 0) is 38.5 Å². The third kappa shape index (κ3) is 16.7. The SMILES string of the molecule is CC(C)CCc1ccc(OP(Oc2ccc(CCC(C)C)cc2CCC(C)C)Oc2ccc(CCC(C)C)cc2CCC(C)C)c(CCC(C)C)c1. The van der Waals surface area contributed by atoms with Crippen molar-refractivity contribution in [2.75, 3.05) is 0 Å². The Balaban J connectivity index is 2.08. The van der Waals surface area contributed by atoms with E-state index < -0.39 is 8.60 Å². The first-order valence-electron chi connectivity index (χ1n) is 20.9. The fraction of sp³-hybridized carbons (Fsp3) is 0.625. The zero-order valence-electron chi connectivity index (χ0n) is 35.3. The Morgan fingerprint density at radius 2 is 0.577 bits per heavy atom. The lowest BCUT2D eigenvalue weighted by atomic mass is 9.97. The Bertz CT molecular complexity index is 1280. The third-order valence-corrected chi connectivity index (χ3v) is 10.9. The van der Waals surface area contributed by atoms with Gasteiger partial charge in [-0.25, -0.2) is 0 Å². The van der Waals surface area contributed by atoms with Crippen molar-refractivity contribution in [3.63, 3.8) is 0 Å². The minimum absolute atomic E-state index is 0.608. The van der Waals surface area contributed by atoms with Crippen LogP contribution in [0.5, 0.6) is 17.2 Å². The van der Waals surface area contributed by atoms with E-state index >= 15 is 0 Å². The van der Waals surface area contributed by atoms with Gasteiger partial charge in [-0.3, -0.25) is 0 Å². The molecule has 0 atom stereocenters. The molecular formula is C48H75O3P. The molecule has 0 heterocycles. The van der Waals surface area contributed by atoms with Crippen molar-refractivity contribution in [2.24, 2.45) is 35.5 Å². The molecule has 0 aliphatic rings. The molecular weight excluding hydrogens is 655 g/mol. The molecule has 0 aliphatic carbocycles. The number of benzene rings is 3. The van der Waals surface area contributed by atoms with Gasteiger partial charge < -0.3 is 13.6 Å². The summed E-state index contributed by atoms with van der Waals surface area (Å²) in [7, 11) is -1.80. The smallest absolute Gasteiger partial charge is 0.408 e. The molecule has 0 saturated carbocycles. The molecule has 0 aliphatic heterocycles. The van der Waals surface area contributed by atoms with Gasteiger partial charge in [0.25, 0.3) is 0 Å². The molecule has 290 valence electrons. The summed E-state index contributed by atoms with van der Waals surface area (Å²) in [6.45, 7) is 27.6. The van der Waals surface area contributed by atoms with Crippen LogP contribution in [0, 0.1) is 35.5 Å². The highest BCUT2D eigenvalue weighted by molar-refractivity contribution is 7.43. The molecule has 0 aromatic heterocycles. The number of hydrogen-bond donors (Lipinski definition) is 0. The number of hydrogen-bond acceptors (Lipinski definition) is 3. The van der Waals surface area contributed by atoms with E-state index in [4.69, 9.17) is 13.6 Å². The van der Waals surface area contributed by atoms with Gasteiger partial charge in [0, 0.05) is 0 Å². The Morgan fingerprint density at radius 3 is 0.808 bits per heavy atom. The Kier molecular flexibility index (Phi) is 19.1. The summed E-state index contributed by atoms with van der Waals surface area (Å²) in [5.74, 6) is 6.50. The first-order chi connectivity index (χ1) is 24.7. The van der Waals surface area contributed by atoms with Gasteiger partial charge >= 0.3 is 8.60 Å². The second-order valence-electron chi connectivity index (χ2n) is 17.9. The minimum Gasteiger partial charge on any atom is -0.408 e. The second kappa shape index (κ2) is 22.6. The second-order valence-corrected chi connectivity index (χ2v) is 18.9. The van der Waals surface area contributed by atoms with Gasteiger partial charge in [-0.1, -0.05) is 119 Å². The van der Waals surface area contributed by atoms with Crippen molar-refractivity contribution in [2.45, 2.75) is 160 Å². The molecule has 3 aromatic carbocycles. The van der Waals surface area contributed by atoms with Crippen molar-refractivity contribution in [1.82, 2.24) is 0 Å². The summed E-state index contributed by atoms with van der Waals surface area (Å²) in [6, 6.07) is 20.4. The zero-order chi connectivity index (χ0) is 38.2. The molecule has 0 N–H and O–H groups in total. The Morgan fingerprint density at radius 1 is 0.346 bits per heavy atom. The van der Waals surface area contributed by atoms with E-state index in [9.17, 15) is 0 Å². The van der Waals surface area contributed by atoms with Crippen molar-refractivity contribution < 1.29 is 13.6 Å². The van der Waals surface area contributed by atoms with E-state index in [-0.39, 0.29) is 0 Å². The highest BCUT2D eigenvalue weighted by atomic mass is 31.2. The van der Waals surface area contributed by atoms with Crippen LogP contribution in [0.3, 0.4) is 0 Å². The molecule has 0 amide bonds. The van der Waals surface area contributed by atoms with Crippen molar-refractivity contribution in [1.29, 1.82) is 0 Å². The van der Waals surface area contributed by atoms with Gasteiger partial charge in [0.15, 0.2) is 0 Å². The van der Waals surface area contributed by atoms with Gasteiger partial charge in [-0.15, -0.1) is 0 Å². The predicted octanol–water partition coefficient (Wildman–Crippen LogP) is 15.0. The molecule has 3 rings (SSSR count). The fourth-order valence-electron chi connectivity index (χ4n) is 6.21. The predicted molar refractivity (Wildman–Crippen MR) is 227 cm³/mol. The molecule has 52 heavy (non-hydrogen) atoms. The summed E-state index contributed by atoms with van der Waals surface area (Å²) in [6.07, 6.45) is 13.0. The molecule has 3 nitrogen and oxygen atoms in total. The zero-order valence-corrected chi connectivity index (χ0v) is 36.2. The summed E-state index contributed by atoms with van der Waals surface area (Å²) >= 11 is 0. The van der Waals surface area contributed by atoms with E-state index in [2.05, 4.69) is 138 Å². The fourth-order valence-corrected chi connectivity index (χ4v) is 7.34. The lowest BCUT2D eigenvalue weighted by molar-refractivity contribution is 0.381. The molecule has 0 spiro atoms. The summed E-state index contributed by atoms with van der Waals surface area (Å²) < 4.78 is 20.9. The van der Waals surface area contributed by atoms with Gasteiger partial charge in [0.1, 0.15) is 17.2 Å². The van der Waals surface area contributed by atoms with E-state index in [1.54, 1.807) is 0 Å². The first kappa shape index (κ1) is 43.9. The van der Waals surface area contributed by atoms with Crippen molar-refractivity contribution in [3.05, 3.63) is 88.0 Å². The summed E-state index contributed by atoms with van der Waals surface area (Å²) in [5.41, 5.74) is 7.90. The summed E-state index contributed by atoms with van der Waals surface area (Å²) in [5, 5.41) is 0. The van der Waals surface area contributed by atoms with Crippen molar-refractivity contribution in [3.8, 4) is 17.2 Å². The van der Waals surface area contributed by atoms with Crippen LogP contribution in [0.1, 0.15) is 155 Å². The Hall–Kier alpha value is -2.51. The molecule has 0 radical (unpaired) electrons. The quantitative estimate of drug-likeness (QED) is 0.0859. The maximum Gasteiger partial charge on any atom is 0.530 e. The molecule has 0 unspecified atom stereocenters. The first-order valence-corrected chi connectivity index (χ1v) is 22.0. The highest BCUT2D eigenvalue weighted by Crippen LogP contribution is 2.46. The van der Waals surface area contributed by atoms with E-state index in [0.717, 1.165) is 75.0 Å². The van der Waals surface area contributed by atoms with Crippen LogP contribution in [-0.4, -0.2) is 0 Å². The summed E-state index contributed by atoms with van der Waals surface area (Å²) in [4.78, 5) is 0. The lowest BCUT2D eigenvalue weighted by Crippen LogP contribution is -2.08. The maximum atomic E-state index is 6.97. The highest BCUT2D eigenvalue weighted by Gasteiger charge is 2.25. The van der Waals surface area contributed by atoms with E-state index in [1.807, 2.05) is 0 Å². The lowest BCUT2D eigenvalue weighted by Gasteiger charge is -2.23. The standard InChI is InChI=1S/C48H75O3P/c1-34(2)13-19-40-22-28-46(43(31-40)25-16-37(7)8)49-52(50-47-29-23-41(20-14-35(3)4)32-44(47)26-17-38(9)10)51-48-30-24-42(21-15-36(5)6)33-45(48)27-18-39(11)12/h22-24,28-39H,13-21,25-27H2,1-12H3. The van der Waals surface area contributed by atoms with Crippen LogP contribution < -0.4 is 13.6 Å². The van der Waals surface area contributed by atoms with Crippen LogP contribution >= 0.6 is 8.60 Å². The van der Waals surface area contributed by atoms with Gasteiger partial charge in [0.2, 0.25) is 0 Å². The van der Waals surface area contributed by atoms with E-state index in [0.29, 0.717) is 35.5 Å². The van der Waals surface area contributed by atoms with Gasteiger partial charge in [-0.05, 0) is 164 Å². The monoisotopic (exact) mass is 731 g/mol. The van der Waals surface area contributed by atoms with Crippen molar-refractivity contribution >= 4 is 8.60 Å². The number of rotatable bonds is 24. The van der Waals surface area contributed by atoms with Crippen LogP contribution in [0.2, 0.25) is 0 Å². The number of aryl methyl sites for hydroxylation is 6. The molecule has 0 fully saturated rings. The van der Waals surface area contributed by atoms with E-state index in [1.165, 1.54) is 52.6 Å². The largest absolute Gasteiger partial charge is 0.530 e. The van der Waals surface area contributed by atoms with Crippen LogP contribution in [0.15, 0.2) is 54.6 Å². The average molecular weight is 731 g/mol. The molecule has 4 heteroatoms. The third-order valence-electron chi connectivity index (χ3n) is 9.90. The molecule has 3 aromatic rings. The molecule has 0 bridgehead atoms. The van der Waals surface area contributed by atoms with Crippen LogP contribution in [0.4, 0.5) is 0 Å². The molecule has 0 saturated heterocycles. The maximum absolute atomic E-state index is 6.97. The van der Waals surface area contributed by atoms with Gasteiger partial charge in [0.05, 0.1) is 0 Å².